The zero-order valence-electron chi connectivity index (χ0n) is 10.1. The van der Waals surface area contributed by atoms with Crippen molar-refractivity contribution in [2.24, 2.45) is 5.73 Å². The number of hydrogen-bond donors (Lipinski definition) is 2. The molecule has 0 aliphatic heterocycles. The SMILES string of the molecule is CCCS(=O)(=O)Nc1c(CN)cccc1OC. The van der Waals surface area contributed by atoms with Gasteiger partial charge in [-0.1, -0.05) is 19.1 Å². The molecule has 0 aromatic heterocycles. The van der Waals surface area contributed by atoms with Gasteiger partial charge >= 0.3 is 0 Å². The summed E-state index contributed by atoms with van der Waals surface area (Å²) in [6, 6.07) is 5.24. The molecule has 0 spiro atoms. The largest absolute Gasteiger partial charge is 0.495 e. The molecule has 96 valence electrons. The highest BCUT2D eigenvalue weighted by Gasteiger charge is 2.15. The highest BCUT2D eigenvalue weighted by molar-refractivity contribution is 7.92. The Kier molecular flexibility index (Phi) is 4.77. The van der Waals surface area contributed by atoms with Crippen molar-refractivity contribution >= 4 is 15.7 Å². The summed E-state index contributed by atoms with van der Waals surface area (Å²) in [6.45, 7) is 2.06. The van der Waals surface area contributed by atoms with Crippen LogP contribution in [0, 0.1) is 0 Å². The highest BCUT2D eigenvalue weighted by Crippen LogP contribution is 2.29. The number of hydrogen-bond acceptors (Lipinski definition) is 4. The zero-order chi connectivity index (χ0) is 12.9. The quantitative estimate of drug-likeness (QED) is 0.806. The topological polar surface area (TPSA) is 81.4 Å². The molecule has 0 aliphatic carbocycles. The fourth-order valence-electron chi connectivity index (χ4n) is 1.51. The van der Waals surface area contributed by atoms with E-state index in [0.29, 0.717) is 23.4 Å². The standard InChI is InChI=1S/C11H18N2O3S/c1-3-7-17(14,15)13-11-9(8-12)5-4-6-10(11)16-2/h4-6,13H,3,7-8,12H2,1-2H3. The van der Waals surface area contributed by atoms with E-state index in [1.165, 1.54) is 7.11 Å². The Hall–Kier alpha value is -1.27. The maximum atomic E-state index is 11.7. The van der Waals surface area contributed by atoms with E-state index < -0.39 is 10.0 Å². The summed E-state index contributed by atoms with van der Waals surface area (Å²) in [6.07, 6.45) is 0.558. The Bertz CT molecular complexity index is 449. The first-order valence-corrected chi connectivity index (χ1v) is 7.05. The van der Waals surface area contributed by atoms with Crippen molar-refractivity contribution < 1.29 is 13.2 Å². The predicted octanol–water partition coefficient (Wildman–Crippen LogP) is 1.31. The van der Waals surface area contributed by atoms with Crippen molar-refractivity contribution in [3.8, 4) is 5.75 Å². The number of para-hydroxylation sites is 1. The van der Waals surface area contributed by atoms with Crippen LogP contribution in [0.3, 0.4) is 0 Å². The molecule has 0 heterocycles. The number of methoxy groups -OCH3 is 1. The Morgan fingerprint density at radius 1 is 1.41 bits per heavy atom. The minimum absolute atomic E-state index is 0.0784. The number of sulfonamides is 1. The smallest absolute Gasteiger partial charge is 0.232 e. The van der Waals surface area contributed by atoms with Crippen LogP contribution in [0.4, 0.5) is 5.69 Å². The van der Waals surface area contributed by atoms with Crippen molar-refractivity contribution in [1.29, 1.82) is 0 Å². The summed E-state index contributed by atoms with van der Waals surface area (Å²) < 4.78 is 31.1. The third-order valence-electron chi connectivity index (χ3n) is 2.28. The predicted molar refractivity (Wildman–Crippen MR) is 68.6 cm³/mol. The molecule has 1 rings (SSSR count). The molecule has 0 fully saturated rings. The molecule has 0 saturated carbocycles. The summed E-state index contributed by atoms with van der Waals surface area (Å²) in [4.78, 5) is 0. The second kappa shape index (κ2) is 5.88. The lowest BCUT2D eigenvalue weighted by Gasteiger charge is -2.14. The fourth-order valence-corrected chi connectivity index (χ4v) is 2.69. The van der Waals surface area contributed by atoms with Gasteiger partial charge in [-0.3, -0.25) is 4.72 Å². The number of anilines is 1. The fraction of sp³-hybridized carbons (Fsp3) is 0.455. The molecule has 0 amide bonds. The van der Waals surface area contributed by atoms with Crippen LogP contribution in [0.2, 0.25) is 0 Å². The minimum atomic E-state index is -3.34. The molecular formula is C11H18N2O3S. The second-order valence-corrected chi connectivity index (χ2v) is 5.46. The zero-order valence-corrected chi connectivity index (χ0v) is 10.9. The van der Waals surface area contributed by atoms with Gasteiger partial charge in [0.1, 0.15) is 5.75 Å². The van der Waals surface area contributed by atoms with Gasteiger partial charge in [0.25, 0.3) is 0 Å². The number of rotatable bonds is 6. The van der Waals surface area contributed by atoms with Gasteiger partial charge < -0.3 is 10.5 Å². The summed E-state index contributed by atoms with van der Waals surface area (Å²) in [5.41, 5.74) is 6.72. The molecule has 0 atom stereocenters. The Morgan fingerprint density at radius 3 is 2.65 bits per heavy atom. The van der Waals surface area contributed by atoms with Gasteiger partial charge in [-0.05, 0) is 18.1 Å². The van der Waals surface area contributed by atoms with E-state index in [1.54, 1.807) is 18.2 Å². The van der Waals surface area contributed by atoms with E-state index in [1.807, 2.05) is 6.92 Å². The Balaban J connectivity index is 3.12. The monoisotopic (exact) mass is 258 g/mol. The number of nitrogens with one attached hydrogen (secondary N) is 1. The summed E-state index contributed by atoms with van der Waals surface area (Å²) in [7, 11) is -1.84. The second-order valence-electron chi connectivity index (χ2n) is 3.62. The molecule has 0 radical (unpaired) electrons. The summed E-state index contributed by atoms with van der Waals surface area (Å²) in [5, 5.41) is 0. The number of benzene rings is 1. The average Bonchev–Trinajstić information content (AvgIpc) is 2.28. The third kappa shape index (κ3) is 3.61. The molecule has 1 aromatic rings. The van der Waals surface area contributed by atoms with Gasteiger partial charge in [-0.15, -0.1) is 0 Å². The molecule has 0 unspecified atom stereocenters. The van der Waals surface area contributed by atoms with Gasteiger partial charge in [0.05, 0.1) is 18.6 Å². The Labute approximate surface area is 102 Å². The molecule has 5 nitrogen and oxygen atoms in total. The van der Waals surface area contributed by atoms with E-state index in [-0.39, 0.29) is 12.3 Å². The molecule has 3 N–H and O–H groups in total. The summed E-state index contributed by atoms with van der Waals surface area (Å²) >= 11 is 0. The van der Waals surface area contributed by atoms with Crippen LogP contribution in [0.5, 0.6) is 5.75 Å². The maximum Gasteiger partial charge on any atom is 0.232 e. The van der Waals surface area contributed by atoms with Crippen LogP contribution in [0.15, 0.2) is 18.2 Å². The van der Waals surface area contributed by atoms with E-state index in [4.69, 9.17) is 10.5 Å². The molecule has 0 bridgehead atoms. The lowest BCUT2D eigenvalue weighted by atomic mass is 10.1. The van der Waals surface area contributed by atoms with Crippen LogP contribution in [-0.4, -0.2) is 21.3 Å². The van der Waals surface area contributed by atoms with Gasteiger partial charge in [0.15, 0.2) is 0 Å². The first-order chi connectivity index (χ1) is 8.04. The molecule has 6 heteroatoms. The normalized spacial score (nSPS) is 11.2. The first kappa shape index (κ1) is 13.8. The van der Waals surface area contributed by atoms with Gasteiger partial charge in [0, 0.05) is 6.54 Å². The van der Waals surface area contributed by atoms with Gasteiger partial charge in [0.2, 0.25) is 10.0 Å². The number of nitrogens with two attached hydrogens (primary N) is 1. The molecule has 1 aromatic carbocycles. The maximum absolute atomic E-state index is 11.7. The van der Waals surface area contributed by atoms with E-state index >= 15 is 0 Å². The van der Waals surface area contributed by atoms with Gasteiger partial charge in [-0.2, -0.15) is 0 Å². The van der Waals surface area contributed by atoms with Crippen molar-refractivity contribution in [2.45, 2.75) is 19.9 Å². The molecular weight excluding hydrogens is 240 g/mol. The van der Waals surface area contributed by atoms with Crippen LogP contribution < -0.4 is 15.2 Å². The molecule has 0 saturated heterocycles. The van der Waals surface area contributed by atoms with Crippen LogP contribution in [0.25, 0.3) is 0 Å². The van der Waals surface area contributed by atoms with Gasteiger partial charge in [-0.25, -0.2) is 8.42 Å². The van der Waals surface area contributed by atoms with E-state index in [9.17, 15) is 8.42 Å². The van der Waals surface area contributed by atoms with E-state index in [0.717, 1.165) is 0 Å². The van der Waals surface area contributed by atoms with Crippen molar-refractivity contribution in [3.63, 3.8) is 0 Å². The summed E-state index contributed by atoms with van der Waals surface area (Å²) in [5.74, 6) is 0.558. The van der Waals surface area contributed by atoms with Crippen molar-refractivity contribution in [1.82, 2.24) is 0 Å². The average molecular weight is 258 g/mol. The van der Waals surface area contributed by atoms with Crippen molar-refractivity contribution in [2.75, 3.05) is 17.6 Å². The Morgan fingerprint density at radius 2 is 2.12 bits per heavy atom. The highest BCUT2D eigenvalue weighted by atomic mass is 32.2. The first-order valence-electron chi connectivity index (χ1n) is 5.40. The van der Waals surface area contributed by atoms with E-state index in [2.05, 4.69) is 4.72 Å². The van der Waals surface area contributed by atoms with Crippen LogP contribution in [-0.2, 0) is 16.6 Å². The van der Waals surface area contributed by atoms with Crippen LogP contribution >= 0.6 is 0 Å². The lowest BCUT2D eigenvalue weighted by molar-refractivity contribution is 0.416. The lowest BCUT2D eigenvalue weighted by Crippen LogP contribution is -2.18. The minimum Gasteiger partial charge on any atom is -0.495 e. The van der Waals surface area contributed by atoms with Crippen molar-refractivity contribution in [3.05, 3.63) is 23.8 Å². The van der Waals surface area contributed by atoms with Crippen LogP contribution in [0.1, 0.15) is 18.9 Å². The third-order valence-corrected chi connectivity index (χ3v) is 3.74. The molecule has 17 heavy (non-hydrogen) atoms. The number of ether oxygens (including phenoxy) is 1. The molecule has 0 aliphatic rings.